The summed E-state index contributed by atoms with van der Waals surface area (Å²) in [6.07, 6.45) is 0.447. The number of rotatable bonds is 6. The number of nitrogens with one attached hydrogen (secondary N) is 1. The molecule has 2 N–H and O–H groups in total. The summed E-state index contributed by atoms with van der Waals surface area (Å²) in [5, 5.41) is 12.6. The topological polar surface area (TPSA) is 75.6 Å². The van der Waals surface area contributed by atoms with Gasteiger partial charge in [-0.1, -0.05) is 24.3 Å². The van der Waals surface area contributed by atoms with Gasteiger partial charge < -0.3 is 15.2 Å². The Hall–Kier alpha value is -2.87. The number of esters is 1. The molecule has 0 aliphatic rings. The molecule has 0 saturated heterocycles. The number of phenols is 1. The molecule has 1 amide bonds. The highest BCUT2D eigenvalue weighted by Crippen LogP contribution is 2.25. The summed E-state index contributed by atoms with van der Waals surface area (Å²) < 4.78 is 5.81. The number of aromatic hydroxyl groups is 1. The predicted octanol–water partition coefficient (Wildman–Crippen LogP) is 4.75. The molecule has 1 atom stereocenters. The molecule has 0 bridgehead atoms. The number of carbonyl (C=O) groups excluding carboxylic acids is 2. The fourth-order valence-electron chi connectivity index (χ4n) is 2.96. The molecule has 0 spiro atoms. The molecule has 0 aliphatic heterocycles. The molecule has 0 saturated carbocycles. The van der Waals surface area contributed by atoms with Crippen LogP contribution in [-0.4, -0.2) is 24.1 Å². The second-order valence-corrected chi connectivity index (χ2v) is 7.78. The van der Waals surface area contributed by atoms with Crippen molar-refractivity contribution in [3.63, 3.8) is 0 Å². The Bertz CT molecular complexity index is 983. The SMILES string of the molecule is COC(=O)c1ccc(CC(C(=O)Nc2ccc(I)cc2)c2ccc(O)cc2)cc1. The van der Waals surface area contributed by atoms with Gasteiger partial charge in [-0.05, 0) is 88.7 Å². The van der Waals surface area contributed by atoms with Gasteiger partial charge in [0.05, 0.1) is 18.6 Å². The van der Waals surface area contributed by atoms with Crippen LogP contribution >= 0.6 is 22.6 Å². The third-order valence-electron chi connectivity index (χ3n) is 4.54. The van der Waals surface area contributed by atoms with Crippen LogP contribution in [0.5, 0.6) is 5.75 Å². The molecule has 3 aromatic carbocycles. The Morgan fingerprint density at radius 3 is 2.17 bits per heavy atom. The molecule has 0 fully saturated rings. The number of halogens is 1. The zero-order valence-corrected chi connectivity index (χ0v) is 17.9. The zero-order valence-electron chi connectivity index (χ0n) is 15.8. The molecular weight excluding hydrogens is 481 g/mol. The lowest BCUT2D eigenvalue weighted by atomic mass is 9.90. The minimum absolute atomic E-state index is 0.144. The van der Waals surface area contributed by atoms with Gasteiger partial charge in [-0.25, -0.2) is 4.79 Å². The Morgan fingerprint density at radius 2 is 1.59 bits per heavy atom. The average Bonchev–Trinajstić information content (AvgIpc) is 2.74. The normalized spacial score (nSPS) is 11.5. The minimum Gasteiger partial charge on any atom is -0.508 e. The van der Waals surface area contributed by atoms with E-state index in [1.54, 1.807) is 36.4 Å². The molecular formula is C23H20INO4. The number of carbonyl (C=O) groups is 2. The number of hydrogen-bond acceptors (Lipinski definition) is 4. The molecule has 0 aliphatic carbocycles. The fraction of sp³-hybridized carbons (Fsp3) is 0.130. The van der Waals surface area contributed by atoms with E-state index in [2.05, 4.69) is 27.9 Å². The smallest absolute Gasteiger partial charge is 0.337 e. The number of methoxy groups -OCH3 is 1. The van der Waals surface area contributed by atoms with Gasteiger partial charge in [-0.3, -0.25) is 4.79 Å². The lowest BCUT2D eigenvalue weighted by molar-refractivity contribution is -0.117. The largest absolute Gasteiger partial charge is 0.508 e. The molecule has 5 nitrogen and oxygen atoms in total. The van der Waals surface area contributed by atoms with Gasteiger partial charge in [0.2, 0.25) is 5.91 Å². The molecule has 6 heteroatoms. The average molecular weight is 501 g/mol. The number of amides is 1. The van der Waals surface area contributed by atoms with Gasteiger partial charge in [0, 0.05) is 9.26 Å². The van der Waals surface area contributed by atoms with Crippen LogP contribution in [0.4, 0.5) is 5.69 Å². The Balaban J connectivity index is 1.84. The molecule has 0 aromatic heterocycles. The van der Waals surface area contributed by atoms with E-state index in [1.807, 2.05) is 36.4 Å². The number of phenolic OH excluding ortho intramolecular Hbond substituents is 1. The van der Waals surface area contributed by atoms with Crippen molar-refractivity contribution in [3.05, 3.63) is 93.1 Å². The van der Waals surface area contributed by atoms with Gasteiger partial charge in [0.1, 0.15) is 5.75 Å². The van der Waals surface area contributed by atoms with Crippen LogP contribution < -0.4 is 5.32 Å². The molecule has 29 heavy (non-hydrogen) atoms. The molecule has 3 aromatic rings. The van der Waals surface area contributed by atoms with Crippen molar-refractivity contribution >= 4 is 40.2 Å². The maximum absolute atomic E-state index is 13.1. The van der Waals surface area contributed by atoms with Crippen molar-refractivity contribution in [2.75, 3.05) is 12.4 Å². The highest BCUT2D eigenvalue weighted by Gasteiger charge is 2.22. The summed E-state index contributed by atoms with van der Waals surface area (Å²) in [6, 6.07) is 21.2. The first-order valence-electron chi connectivity index (χ1n) is 8.99. The molecule has 148 valence electrons. The van der Waals surface area contributed by atoms with E-state index < -0.39 is 11.9 Å². The number of anilines is 1. The van der Waals surface area contributed by atoms with Gasteiger partial charge in [-0.2, -0.15) is 0 Å². The fourth-order valence-corrected chi connectivity index (χ4v) is 3.32. The Labute approximate surface area is 182 Å². The van der Waals surface area contributed by atoms with Crippen LogP contribution in [-0.2, 0) is 16.0 Å². The summed E-state index contributed by atoms with van der Waals surface area (Å²) in [6.45, 7) is 0. The van der Waals surface area contributed by atoms with Gasteiger partial charge in [0.15, 0.2) is 0 Å². The summed E-state index contributed by atoms with van der Waals surface area (Å²) in [5.41, 5.74) is 2.89. The van der Waals surface area contributed by atoms with Crippen molar-refractivity contribution in [2.45, 2.75) is 12.3 Å². The van der Waals surface area contributed by atoms with Crippen molar-refractivity contribution in [1.82, 2.24) is 0 Å². The summed E-state index contributed by atoms with van der Waals surface area (Å²) in [4.78, 5) is 24.7. The monoisotopic (exact) mass is 501 g/mol. The van der Waals surface area contributed by atoms with Crippen molar-refractivity contribution < 1.29 is 19.4 Å². The highest BCUT2D eigenvalue weighted by molar-refractivity contribution is 14.1. The third kappa shape index (κ3) is 5.57. The van der Waals surface area contributed by atoms with E-state index in [0.717, 1.165) is 20.4 Å². The first-order chi connectivity index (χ1) is 14.0. The highest BCUT2D eigenvalue weighted by atomic mass is 127. The van der Waals surface area contributed by atoms with Crippen molar-refractivity contribution in [2.24, 2.45) is 0 Å². The van der Waals surface area contributed by atoms with Crippen LogP contribution in [0.2, 0.25) is 0 Å². The van der Waals surface area contributed by atoms with Crippen LogP contribution in [0.15, 0.2) is 72.8 Å². The summed E-state index contributed by atoms with van der Waals surface area (Å²) in [7, 11) is 1.34. The van der Waals surface area contributed by atoms with Gasteiger partial charge >= 0.3 is 5.97 Å². The van der Waals surface area contributed by atoms with Crippen LogP contribution in [0.1, 0.15) is 27.4 Å². The quantitative estimate of drug-likeness (QED) is 0.378. The number of ether oxygens (including phenoxy) is 1. The van der Waals surface area contributed by atoms with E-state index in [1.165, 1.54) is 7.11 Å². The Morgan fingerprint density at radius 1 is 0.966 bits per heavy atom. The van der Waals surface area contributed by atoms with Crippen molar-refractivity contribution in [1.29, 1.82) is 0 Å². The van der Waals surface area contributed by atoms with Gasteiger partial charge in [0.25, 0.3) is 0 Å². The van der Waals surface area contributed by atoms with E-state index in [9.17, 15) is 14.7 Å². The second-order valence-electron chi connectivity index (χ2n) is 6.53. The first-order valence-corrected chi connectivity index (χ1v) is 10.1. The molecule has 0 heterocycles. The maximum Gasteiger partial charge on any atom is 0.337 e. The number of benzene rings is 3. The van der Waals surface area contributed by atoms with Crippen LogP contribution in [0.25, 0.3) is 0 Å². The van der Waals surface area contributed by atoms with Crippen LogP contribution in [0.3, 0.4) is 0 Å². The summed E-state index contributed by atoms with van der Waals surface area (Å²) in [5.74, 6) is -0.858. The summed E-state index contributed by atoms with van der Waals surface area (Å²) >= 11 is 2.21. The third-order valence-corrected chi connectivity index (χ3v) is 5.26. The number of hydrogen-bond donors (Lipinski definition) is 2. The minimum atomic E-state index is -0.459. The molecule has 3 rings (SSSR count). The lowest BCUT2D eigenvalue weighted by Gasteiger charge is -2.18. The standard InChI is InChI=1S/C23H20INO4/c1-29-23(28)17-4-2-15(3-5-17)14-21(16-6-12-20(26)13-7-16)22(27)25-19-10-8-18(24)9-11-19/h2-13,21,26H,14H2,1H3,(H,25,27). The van der Waals surface area contributed by atoms with Gasteiger partial charge in [-0.15, -0.1) is 0 Å². The Kier molecular flexibility index (Phi) is 6.87. The molecule has 1 unspecified atom stereocenters. The van der Waals surface area contributed by atoms with E-state index in [0.29, 0.717) is 12.0 Å². The first kappa shape index (κ1) is 20.9. The van der Waals surface area contributed by atoms with E-state index in [4.69, 9.17) is 4.74 Å². The van der Waals surface area contributed by atoms with Crippen LogP contribution in [0, 0.1) is 3.57 Å². The van der Waals surface area contributed by atoms with Crippen molar-refractivity contribution in [3.8, 4) is 5.75 Å². The second kappa shape index (κ2) is 9.56. The predicted molar refractivity (Wildman–Crippen MR) is 120 cm³/mol. The maximum atomic E-state index is 13.1. The molecule has 0 radical (unpaired) electrons. The van der Waals surface area contributed by atoms with E-state index in [-0.39, 0.29) is 11.7 Å². The zero-order chi connectivity index (χ0) is 20.8. The lowest BCUT2D eigenvalue weighted by Crippen LogP contribution is -2.23. The van der Waals surface area contributed by atoms with E-state index >= 15 is 0 Å².